The summed E-state index contributed by atoms with van der Waals surface area (Å²) in [6.07, 6.45) is 0. The molecule has 0 saturated heterocycles. The Bertz CT molecular complexity index is 3290. The molecule has 0 bridgehead atoms. The van der Waals surface area contributed by atoms with Crippen LogP contribution in [-0.4, -0.2) is 9.97 Å². The van der Waals surface area contributed by atoms with Crippen LogP contribution in [0.4, 0.5) is 0 Å². The number of ether oxygens (including phenoxy) is 1. The third kappa shape index (κ3) is 6.26. The van der Waals surface area contributed by atoms with Crippen LogP contribution in [0.3, 0.4) is 0 Å². The van der Waals surface area contributed by atoms with Gasteiger partial charge in [0.25, 0.3) is 0 Å². The van der Waals surface area contributed by atoms with Gasteiger partial charge in [-0.15, -0.1) is 0 Å². The summed E-state index contributed by atoms with van der Waals surface area (Å²) < 4.78 is 7.02. The molecule has 10 aromatic rings. The highest BCUT2D eigenvalue weighted by molar-refractivity contribution is 5.87. The summed E-state index contributed by atoms with van der Waals surface area (Å²) in [6.45, 7) is 4.71. The molecule has 0 unspecified atom stereocenters. The molecular formula is C62H44N2O. The number of rotatable bonds is 6. The molecule has 1 aliphatic carbocycles. The number of hydrogen-bond acceptors (Lipinski definition) is 3. The van der Waals surface area contributed by atoms with E-state index < -0.39 is 5.41 Å². The molecule has 0 atom stereocenters. The fraction of sp³-hybridized carbons (Fsp3) is 0.0645. The summed E-state index contributed by atoms with van der Waals surface area (Å²) in [5.41, 5.74) is 18.1. The maximum Gasteiger partial charge on any atom is 0.160 e. The summed E-state index contributed by atoms with van der Waals surface area (Å²) in [5, 5.41) is 0. The van der Waals surface area contributed by atoms with Crippen molar-refractivity contribution in [3.63, 3.8) is 0 Å². The smallest absolute Gasteiger partial charge is 0.160 e. The molecule has 12 rings (SSSR count). The van der Waals surface area contributed by atoms with Crippen LogP contribution in [0.2, 0.25) is 0 Å². The maximum atomic E-state index is 7.02. The second-order valence-electron chi connectivity index (χ2n) is 17.7. The van der Waals surface area contributed by atoms with Gasteiger partial charge in [-0.2, -0.15) is 0 Å². The minimum atomic E-state index is -0.579. The highest BCUT2D eigenvalue weighted by atomic mass is 16.5. The zero-order valence-corrected chi connectivity index (χ0v) is 36.2. The van der Waals surface area contributed by atoms with Gasteiger partial charge in [0.15, 0.2) is 5.82 Å². The predicted octanol–water partition coefficient (Wildman–Crippen LogP) is 15.6. The molecule has 3 nitrogen and oxygen atoms in total. The SMILES string of the molecule is CC1(C)c2ccccc2C2(c3ccccc3Oc3cc(-c4ccccc4-c4cc(-c5cccc(-c6ccccc6)c5)nc(-c5cccc(-c6ccccc6)c5)n4)ccc32)c2ccccc21. The van der Waals surface area contributed by atoms with Crippen LogP contribution in [-0.2, 0) is 10.8 Å². The lowest BCUT2D eigenvalue weighted by Crippen LogP contribution is -2.43. The Morgan fingerprint density at radius 1 is 0.308 bits per heavy atom. The Balaban J connectivity index is 1.04. The molecule has 1 spiro atoms. The van der Waals surface area contributed by atoms with Crippen molar-refractivity contribution in [2.45, 2.75) is 24.7 Å². The van der Waals surface area contributed by atoms with E-state index in [1.165, 1.54) is 22.3 Å². The number of benzene rings is 9. The number of fused-ring (bicyclic) bond motifs is 8. The van der Waals surface area contributed by atoms with Gasteiger partial charge in [-0.3, -0.25) is 0 Å². The average Bonchev–Trinajstić information content (AvgIpc) is 3.38. The lowest BCUT2D eigenvalue weighted by atomic mass is 9.53. The third-order valence-corrected chi connectivity index (χ3v) is 13.6. The quantitative estimate of drug-likeness (QED) is 0.167. The molecule has 65 heavy (non-hydrogen) atoms. The van der Waals surface area contributed by atoms with Gasteiger partial charge in [-0.05, 0) is 86.0 Å². The number of aromatic nitrogens is 2. The monoisotopic (exact) mass is 832 g/mol. The minimum Gasteiger partial charge on any atom is -0.457 e. The second-order valence-corrected chi connectivity index (χ2v) is 17.7. The van der Waals surface area contributed by atoms with Gasteiger partial charge in [0.05, 0.1) is 16.8 Å². The van der Waals surface area contributed by atoms with E-state index in [0.717, 1.165) is 84.1 Å². The lowest BCUT2D eigenvalue weighted by molar-refractivity contribution is 0.425. The van der Waals surface area contributed by atoms with Crippen LogP contribution in [0.15, 0.2) is 231 Å². The van der Waals surface area contributed by atoms with Gasteiger partial charge in [0.1, 0.15) is 11.5 Å². The Hall–Kier alpha value is -8.14. The number of para-hydroxylation sites is 1. The van der Waals surface area contributed by atoms with Crippen molar-refractivity contribution in [3.8, 4) is 78.8 Å². The Morgan fingerprint density at radius 3 is 1.45 bits per heavy atom. The standard InChI is InChI=1S/C62H44N2O/c1-61(2)50-29-11-13-31-52(50)62(53-32-14-12-30-51(53)61)54-33-15-16-34-58(54)65-59-39-45(35-36-55(59)62)48-27-9-10-28-49(48)57-40-56(46-25-17-23-43(37-46)41-19-5-3-6-20-41)63-60(64-57)47-26-18-24-44(38-47)42-21-7-4-8-22-42/h3-40H,1-2H3. The normalized spacial score (nSPS) is 13.8. The van der Waals surface area contributed by atoms with Crippen LogP contribution in [0.5, 0.6) is 11.5 Å². The fourth-order valence-corrected chi connectivity index (χ4v) is 10.6. The Kier molecular flexibility index (Phi) is 9.06. The zero-order valence-electron chi connectivity index (χ0n) is 36.2. The zero-order chi connectivity index (χ0) is 43.5. The first-order valence-electron chi connectivity index (χ1n) is 22.4. The van der Waals surface area contributed by atoms with Crippen molar-refractivity contribution in [3.05, 3.63) is 264 Å². The molecule has 0 amide bonds. The van der Waals surface area contributed by atoms with Crippen molar-refractivity contribution in [1.82, 2.24) is 9.97 Å². The van der Waals surface area contributed by atoms with Gasteiger partial charge in [0, 0.05) is 33.2 Å². The number of nitrogens with zero attached hydrogens (tertiary/aromatic N) is 2. The van der Waals surface area contributed by atoms with E-state index in [2.05, 4.69) is 238 Å². The predicted molar refractivity (Wildman–Crippen MR) is 265 cm³/mol. The Morgan fingerprint density at radius 2 is 0.785 bits per heavy atom. The first-order valence-corrected chi connectivity index (χ1v) is 22.4. The molecular weight excluding hydrogens is 789 g/mol. The molecule has 0 fully saturated rings. The van der Waals surface area contributed by atoms with Crippen LogP contribution in [0, 0.1) is 0 Å². The molecule has 9 aromatic carbocycles. The van der Waals surface area contributed by atoms with Gasteiger partial charge < -0.3 is 4.74 Å². The lowest BCUT2D eigenvalue weighted by Gasteiger charge is -2.50. The average molecular weight is 833 g/mol. The van der Waals surface area contributed by atoms with Crippen LogP contribution in [0.1, 0.15) is 47.2 Å². The molecule has 0 N–H and O–H groups in total. The summed E-state index contributed by atoms with van der Waals surface area (Å²) in [4.78, 5) is 10.7. The van der Waals surface area contributed by atoms with E-state index in [4.69, 9.17) is 14.7 Å². The van der Waals surface area contributed by atoms with Gasteiger partial charge >= 0.3 is 0 Å². The first-order chi connectivity index (χ1) is 32.0. The van der Waals surface area contributed by atoms with E-state index in [1.54, 1.807) is 0 Å². The van der Waals surface area contributed by atoms with Gasteiger partial charge in [0.2, 0.25) is 0 Å². The molecule has 0 radical (unpaired) electrons. The van der Waals surface area contributed by atoms with E-state index >= 15 is 0 Å². The molecule has 308 valence electrons. The molecule has 1 aliphatic heterocycles. The van der Waals surface area contributed by atoms with Crippen molar-refractivity contribution in [2.24, 2.45) is 0 Å². The van der Waals surface area contributed by atoms with Crippen molar-refractivity contribution >= 4 is 0 Å². The summed E-state index contributed by atoms with van der Waals surface area (Å²) >= 11 is 0. The minimum absolute atomic E-state index is 0.189. The highest BCUT2D eigenvalue weighted by Crippen LogP contribution is 2.61. The summed E-state index contributed by atoms with van der Waals surface area (Å²) in [7, 11) is 0. The van der Waals surface area contributed by atoms with Crippen molar-refractivity contribution in [1.29, 1.82) is 0 Å². The molecule has 1 aromatic heterocycles. The van der Waals surface area contributed by atoms with Crippen LogP contribution < -0.4 is 4.74 Å². The molecule has 3 heteroatoms. The second kappa shape index (κ2) is 15.3. The van der Waals surface area contributed by atoms with E-state index in [9.17, 15) is 0 Å². The van der Waals surface area contributed by atoms with E-state index in [0.29, 0.717) is 5.82 Å². The van der Waals surface area contributed by atoms with E-state index in [-0.39, 0.29) is 5.41 Å². The van der Waals surface area contributed by atoms with E-state index in [1.807, 2.05) is 6.07 Å². The molecule has 0 saturated carbocycles. The van der Waals surface area contributed by atoms with Gasteiger partial charge in [-0.1, -0.05) is 214 Å². The van der Waals surface area contributed by atoms with Crippen LogP contribution in [0.25, 0.3) is 67.3 Å². The summed E-state index contributed by atoms with van der Waals surface area (Å²) in [5.74, 6) is 2.38. The largest absolute Gasteiger partial charge is 0.457 e. The van der Waals surface area contributed by atoms with Crippen molar-refractivity contribution in [2.75, 3.05) is 0 Å². The molecule has 2 heterocycles. The van der Waals surface area contributed by atoms with Crippen molar-refractivity contribution < 1.29 is 4.74 Å². The highest BCUT2D eigenvalue weighted by Gasteiger charge is 2.52. The first kappa shape index (κ1) is 38.5. The fourth-order valence-electron chi connectivity index (χ4n) is 10.6. The third-order valence-electron chi connectivity index (χ3n) is 13.6. The maximum absolute atomic E-state index is 7.02. The topological polar surface area (TPSA) is 35.0 Å². The van der Waals surface area contributed by atoms with Gasteiger partial charge in [-0.25, -0.2) is 9.97 Å². The van der Waals surface area contributed by atoms with Crippen LogP contribution >= 0.6 is 0 Å². The molecule has 2 aliphatic rings. The summed E-state index contributed by atoms with van der Waals surface area (Å²) in [6, 6.07) is 82.4. The number of hydrogen-bond donors (Lipinski definition) is 0. The Labute approximate surface area is 380 Å².